The van der Waals surface area contributed by atoms with Crippen LogP contribution < -0.4 is 4.90 Å². The van der Waals surface area contributed by atoms with Gasteiger partial charge in [-0.15, -0.1) is 0 Å². The topological polar surface area (TPSA) is 71.7 Å². The minimum absolute atomic E-state index is 0.103. The maximum Gasteiger partial charge on any atom is 0.363 e. The molecule has 3 rings (SSSR count). The lowest BCUT2D eigenvalue weighted by Gasteiger charge is -2.42. The second-order valence-corrected chi connectivity index (χ2v) is 5.55. The predicted molar refractivity (Wildman–Crippen MR) is 85.2 cm³/mol. The van der Waals surface area contributed by atoms with Gasteiger partial charge in [0.25, 0.3) is 0 Å². The predicted octanol–water partition coefficient (Wildman–Crippen LogP) is 1.93. The number of anilines is 1. The third-order valence-corrected chi connectivity index (χ3v) is 3.74. The zero-order valence-electron chi connectivity index (χ0n) is 13.3. The fourth-order valence-corrected chi connectivity index (χ4v) is 2.45. The van der Waals surface area contributed by atoms with Gasteiger partial charge in [-0.05, 0) is 16.0 Å². The third-order valence-electron chi connectivity index (χ3n) is 3.74. The molecule has 2 aliphatic rings. The minimum Gasteiger partial charge on any atom is -0.378 e. The molecule has 7 nitrogen and oxygen atoms in total. The van der Waals surface area contributed by atoms with Gasteiger partial charge in [0.1, 0.15) is 0 Å². The Hall–Kier alpha value is -1.73. The van der Waals surface area contributed by atoms with Crippen LogP contribution in [0, 0.1) is 10.1 Å². The number of ether oxygens (including phenoxy) is 1. The first kappa shape index (κ1) is 16.6. The van der Waals surface area contributed by atoms with E-state index in [1.807, 2.05) is 0 Å². The summed E-state index contributed by atoms with van der Waals surface area (Å²) in [5.41, 5.74) is 0.954. The Balaban J connectivity index is 0.000000545. The Labute approximate surface area is 131 Å². The maximum absolute atomic E-state index is 10.6. The lowest BCUT2D eigenvalue weighted by atomic mass is 10.2. The highest BCUT2D eigenvalue weighted by atomic mass is 16.6. The van der Waals surface area contributed by atoms with Gasteiger partial charge in [0.2, 0.25) is 0 Å². The van der Waals surface area contributed by atoms with E-state index >= 15 is 0 Å². The molecule has 1 aromatic heterocycles. The first-order valence-corrected chi connectivity index (χ1v) is 7.82. The quantitative estimate of drug-likeness (QED) is 0.627. The summed E-state index contributed by atoms with van der Waals surface area (Å²) in [5, 5.41) is 10.6. The van der Waals surface area contributed by atoms with E-state index in [0.29, 0.717) is 6.04 Å². The Morgan fingerprint density at radius 2 is 1.91 bits per heavy atom. The van der Waals surface area contributed by atoms with Crippen LogP contribution >= 0.6 is 0 Å². The van der Waals surface area contributed by atoms with Gasteiger partial charge >= 0.3 is 5.82 Å². The van der Waals surface area contributed by atoms with Gasteiger partial charge in [0.05, 0.1) is 24.9 Å². The van der Waals surface area contributed by atoms with Crippen LogP contribution in [0.15, 0.2) is 18.3 Å². The fraction of sp³-hybridized carbons (Fsp3) is 0.667. The van der Waals surface area contributed by atoms with Gasteiger partial charge in [-0.1, -0.05) is 20.3 Å². The van der Waals surface area contributed by atoms with Crippen LogP contribution in [0.5, 0.6) is 0 Å². The molecule has 2 aliphatic heterocycles. The van der Waals surface area contributed by atoms with E-state index in [2.05, 4.69) is 28.6 Å². The number of aromatic nitrogens is 1. The van der Waals surface area contributed by atoms with Crippen molar-refractivity contribution in [1.29, 1.82) is 0 Å². The Kier molecular flexibility index (Phi) is 6.09. The van der Waals surface area contributed by atoms with Crippen molar-refractivity contribution in [1.82, 2.24) is 9.88 Å². The summed E-state index contributed by atoms with van der Waals surface area (Å²) >= 11 is 0. The van der Waals surface area contributed by atoms with Crippen LogP contribution in [0.25, 0.3) is 0 Å². The molecule has 0 bridgehead atoms. The van der Waals surface area contributed by atoms with Crippen LogP contribution in [0.3, 0.4) is 0 Å². The molecule has 0 unspecified atom stereocenters. The highest BCUT2D eigenvalue weighted by Gasteiger charge is 2.29. The molecule has 0 radical (unpaired) electrons. The molecule has 0 amide bonds. The van der Waals surface area contributed by atoms with E-state index in [-0.39, 0.29) is 5.82 Å². The number of nitrogens with zero attached hydrogens (tertiary/aromatic N) is 4. The number of piperazine rings is 1. The minimum atomic E-state index is -0.474. The van der Waals surface area contributed by atoms with E-state index in [9.17, 15) is 10.1 Å². The third kappa shape index (κ3) is 4.14. The summed E-state index contributed by atoms with van der Waals surface area (Å²) in [6.45, 7) is 9.81. The largest absolute Gasteiger partial charge is 0.378 e. The van der Waals surface area contributed by atoms with E-state index in [1.165, 1.54) is 12.5 Å². The summed E-state index contributed by atoms with van der Waals surface area (Å²) in [7, 11) is 0. The van der Waals surface area contributed by atoms with Crippen LogP contribution in [-0.4, -0.2) is 60.2 Å². The van der Waals surface area contributed by atoms with E-state index in [4.69, 9.17) is 4.74 Å². The molecular weight excluding hydrogens is 284 g/mol. The van der Waals surface area contributed by atoms with Crippen molar-refractivity contribution in [3.05, 3.63) is 28.4 Å². The highest BCUT2D eigenvalue weighted by molar-refractivity contribution is 5.46. The molecule has 0 saturated carbocycles. The molecule has 1 aromatic rings. The lowest BCUT2D eigenvalue weighted by molar-refractivity contribution is -0.389. The molecular formula is C15H24N4O3. The number of hydrogen-bond acceptors (Lipinski definition) is 6. The van der Waals surface area contributed by atoms with Crippen molar-refractivity contribution in [2.24, 2.45) is 0 Å². The molecule has 7 heteroatoms. The van der Waals surface area contributed by atoms with E-state index in [1.54, 1.807) is 12.3 Å². The second kappa shape index (κ2) is 8.05. The maximum atomic E-state index is 10.6. The van der Waals surface area contributed by atoms with Crippen molar-refractivity contribution in [3.8, 4) is 0 Å². The number of nitro groups is 1. The molecule has 2 saturated heterocycles. The summed E-state index contributed by atoms with van der Waals surface area (Å²) in [6, 6.07) is 3.81. The first-order valence-electron chi connectivity index (χ1n) is 7.82. The number of pyridine rings is 1. The van der Waals surface area contributed by atoms with E-state index < -0.39 is 4.92 Å². The normalized spacial score (nSPS) is 19.1. The Morgan fingerprint density at radius 3 is 2.32 bits per heavy atom. The molecule has 0 atom stereocenters. The van der Waals surface area contributed by atoms with Gasteiger partial charge in [-0.25, -0.2) is 0 Å². The summed E-state index contributed by atoms with van der Waals surface area (Å²) in [6.07, 6.45) is 2.83. The van der Waals surface area contributed by atoms with Crippen molar-refractivity contribution in [2.75, 3.05) is 44.3 Å². The molecule has 0 aliphatic carbocycles. The van der Waals surface area contributed by atoms with Gasteiger partial charge < -0.3 is 19.8 Å². The Bertz CT molecular complexity index is 468. The number of hydrogen-bond donors (Lipinski definition) is 0. The molecule has 122 valence electrons. The second-order valence-electron chi connectivity index (χ2n) is 5.55. The molecule has 22 heavy (non-hydrogen) atoms. The van der Waals surface area contributed by atoms with Gasteiger partial charge in [-0.2, -0.15) is 0 Å². The fourth-order valence-electron chi connectivity index (χ4n) is 2.45. The average Bonchev–Trinajstić information content (AvgIpc) is 2.47. The zero-order valence-corrected chi connectivity index (χ0v) is 13.3. The van der Waals surface area contributed by atoms with E-state index in [0.717, 1.165) is 45.1 Å². The Morgan fingerprint density at radius 1 is 1.27 bits per heavy atom. The van der Waals surface area contributed by atoms with Gasteiger partial charge in [-0.3, -0.25) is 4.90 Å². The lowest BCUT2D eigenvalue weighted by Crippen LogP contribution is -2.56. The number of rotatable bonds is 3. The van der Waals surface area contributed by atoms with Gasteiger partial charge in [0, 0.05) is 32.2 Å². The van der Waals surface area contributed by atoms with Crippen LogP contribution in [0.1, 0.15) is 20.3 Å². The molecule has 0 aromatic carbocycles. The molecule has 0 N–H and O–H groups in total. The van der Waals surface area contributed by atoms with Gasteiger partial charge in [0.15, 0.2) is 6.20 Å². The van der Waals surface area contributed by atoms with Crippen LogP contribution in [0.4, 0.5) is 11.5 Å². The van der Waals surface area contributed by atoms with Crippen molar-refractivity contribution < 1.29 is 9.66 Å². The summed E-state index contributed by atoms with van der Waals surface area (Å²) in [5.74, 6) is -0.103. The average molecular weight is 308 g/mol. The van der Waals surface area contributed by atoms with Crippen molar-refractivity contribution in [2.45, 2.75) is 26.3 Å². The first-order chi connectivity index (χ1) is 10.7. The molecule has 2 fully saturated rings. The highest BCUT2D eigenvalue weighted by Crippen LogP contribution is 2.20. The van der Waals surface area contributed by atoms with Crippen LogP contribution in [0.2, 0.25) is 0 Å². The summed E-state index contributed by atoms with van der Waals surface area (Å²) in [4.78, 5) is 18.6. The standard InChI is InChI=1S/C12H16N4O3.C3H8/c17-16(18)12-2-1-10(7-13-12)14-3-5-15(6-4-14)11-8-19-9-11;1-3-2/h1-2,7,11H,3-6,8-9H2;3H2,1-2H3. The molecule has 0 spiro atoms. The zero-order chi connectivity index (χ0) is 15.9. The van der Waals surface area contributed by atoms with Crippen molar-refractivity contribution >= 4 is 11.5 Å². The monoisotopic (exact) mass is 308 g/mol. The molecule has 3 heterocycles. The summed E-state index contributed by atoms with van der Waals surface area (Å²) < 4.78 is 5.21. The smallest absolute Gasteiger partial charge is 0.363 e. The SMILES string of the molecule is CCC.O=[N+]([O-])c1ccc(N2CCN(C3COC3)CC2)cn1. The van der Waals surface area contributed by atoms with Crippen molar-refractivity contribution in [3.63, 3.8) is 0 Å². The van der Waals surface area contributed by atoms with Crippen LogP contribution in [-0.2, 0) is 4.74 Å².